The molecular weight excluding hydrogens is 150 g/mol. The summed E-state index contributed by atoms with van der Waals surface area (Å²) in [5.41, 5.74) is 1.57. The van der Waals surface area contributed by atoms with Crippen LogP contribution < -0.4 is 0 Å². The van der Waals surface area contributed by atoms with E-state index in [2.05, 4.69) is 11.0 Å². The molecule has 0 unspecified atom stereocenters. The molecule has 2 nitrogen and oxygen atoms in total. The average molecular weight is 167 g/mol. The number of hydrogen-bond acceptors (Lipinski definition) is 1. The fraction of sp³-hybridized carbons (Fsp3) is 0.800. The van der Waals surface area contributed by atoms with E-state index in [1.165, 1.54) is 25.7 Å². The van der Waals surface area contributed by atoms with Crippen LogP contribution in [0.2, 0.25) is 0 Å². The van der Waals surface area contributed by atoms with Crippen LogP contribution >= 0.6 is 0 Å². The molecular formula is C10H17NO+. The molecule has 12 heavy (non-hydrogen) atoms. The van der Waals surface area contributed by atoms with Crippen molar-refractivity contribution in [2.75, 3.05) is 26.3 Å². The lowest BCUT2D eigenvalue weighted by Crippen LogP contribution is -2.34. The largest absolute Gasteiger partial charge is 0.368 e. The molecule has 2 heteroatoms. The van der Waals surface area contributed by atoms with Crippen molar-refractivity contribution in [2.45, 2.75) is 25.7 Å². The Hall–Kier alpha value is -0.370. The zero-order valence-electron chi connectivity index (χ0n) is 7.59. The molecule has 0 spiro atoms. The fourth-order valence-corrected chi connectivity index (χ4v) is 1.96. The van der Waals surface area contributed by atoms with Crippen molar-refractivity contribution in [3.05, 3.63) is 6.42 Å². The Morgan fingerprint density at radius 3 is 2.67 bits per heavy atom. The Kier molecular flexibility index (Phi) is 2.77. The predicted molar refractivity (Wildman–Crippen MR) is 48.6 cm³/mol. The third kappa shape index (κ3) is 1.86. The van der Waals surface area contributed by atoms with Crippen molar-refractivity contribution in [2.24, 2.45) is 0 Å². The van der Waals surface area contributed by atoms with E-state index in [0.717, 1.165) is 26.3 Å². The van der Waals surface area contributed by atoms with Gasteiger partial charge in [-0.05, 0) is 12.8 Å². The van der Waals surface area contributed by atoms with Crippen LogP contribution in [0.15, 0.2) is 0 Å². The maximum absolute atomic E-state index is 5.32. The molecule has 2 rings (SSSR count). The van der Waals surface area contributed by atoms with E-state index in [1.807, 2.05) is 0 Å². The van der Waals surface area contributed by atoms with E-state index in [9.17, 15) is 0 Å². The van der Waals surface area contributed by atoms with Gasteiger partial charge in [-0.15, -0.1) is 0 Å². The lowest BCUT2D eigenvalue weighted by Gasteiger charge is -2.17. The second kappa shape index (κ2) is 4.04. The summed E-state index contributed by atoms with van der Waals surface area (Å²) in [6, 6.07) is 0. The highest BCUT2D eigenvalue weighted by Gasteiger charge is 2.20. The highest BCUT2D eigenvalue weighted by Crippen LogP contribution is 2.14. The first-order chi connectivity index (χ1) is 5.97. The van der Waals surface area contributed by atoms with Crippen LogP contribution in [0, 0.1) is 6.42 Å². The van der Waals surface area contributed by atoms with Crippen molar-refractivity contribution in [1.82, 2.24) is 0 Å². The van der Waals surface area contributed by atoms with Crippen LogP contribution in [-0.2, 0) is 4.74 Å². The third-order valence-electron chi connectivity index (χ3n) is 2.68. The molecule has 0 aromatic rings. The van der Waals surface area contributed by atoms with E-state index >= 15 is 0 Å². The van der Waals surface area contributed by atoms with Crippen LogP contribution in [0.25, 0.3) is 0 Å². The van der Waals surface area contributed by atoms with Gasteiger partial charge in [0.1, 0.15) is 13.2 Å². The zero-order chi connectivity index (χ0) is 8.23. The molecule has 0 bridgehead atoms. The Labute approximate surface area is 74.2 Å². The van der Waals surface area contributed by atoms with Gasteiger partial charge < -0.3 is 4.74 Å². The summed E-state index contributed by atoms with van der Waals surface area (Å²) in [4.78, 5) is 0. The Balaban J connectivity index is 2.00. The molecule has 1 radical (unpaired) electrons. The second-order valence-corrected chi connectivity index (χ2v) is 3.54. The first kappa shape index (κ1) is 8.24. The van der Waals surface area contributed by atoms with Gasteiger partial charge in [-0.1, -0.05) is 6.42 Å². The molecule has 0 aromatic carbocycles. The van der Waals surface area contributed by atoms with Gasteiger partial charge in [-0.3, -0.25) is 0 Å². The molecule has 0 N–H and O–H groups in total. The normalized spacial score (nSPS) is 26.0. The molecule has 67 valence electrons. The average Bonchev–Trinajstić information content (AvgIpc) is 2.21. The number of nitrogens with zero attached hydrogens (tertiary/aromatic N) is 1. The van der Waals surface area contributed by atoms with Crippen LogP contribution in [-0.4, -0.2) is 36.6 Å². The minimum atomic E-state index is 0.914. The third-order valence-corrected chi connectivity index (χ3v) is 2.68. The smallest absolute Gasteiger partial charge is 0.166 e. The van der Waals surface area contributed by atoms with E-state index in [1.54, 1.807) is 5.71 Å². The van der Waals surface area contributed by atoms with Crippen LogP contribution in [0.5, 0.6) is 0 Å². The van der Waals surface area contributed by atoms with Gasteiger partial charge in [0.15, 0.2) is 18.8 Å². The number of rotatable bonds is 0. The lowest BCUT2D eigenvalue weighted by atomic mass is 9.98. The van der Waals surface area contributed by atoms with E-state index in [-0.39, 0.29) is 0 Å². The molecule has 0 amide bonds. The maximum Gasteiger partial charge on any atom is 0.166 e. The molecule has 1 heterocycles. The quantitative estimate of drug-likeness (QED) is 0.494. The SMILES string of the molecule is [CH]1CCCCC1=[N+]1CCOCC1. The Morgan fingerprint density at radius 1 is 1.17 bits per heavy atom. The Morgan fingerprint density at radius 2 is 2.00 bits per heavy atom. The summed E-state index contributed by atoms with van der Waals surface area (Å²) in [5.74, 6) is 0. The predicted octanol–water partition coefficient (Wildman–Crippen LogP) is 1.25. The minimum Gasteiger partial charge on any atom is -0.368 e. The Bertz CT molecular complexity index is 150. The second-order valence-electron chi connectivity index (χ2n) is 3.54. The molecule has 2 fully saturated rings. The van der Waals surface area contributed by atoms with E-state index in [0.29, 0.717) is 0 Å². The van der Waals surface area contributed by atoms with Crippen molar-refractivity contribution >= 4 is 5.71 Å². The van der Waals surface area contributed by atoms with E-state index < -0.39 is 0 Å². The topological polar surface area (TPSA) is 12.2 Å². The summed E-state index contributed by atoms with van der Waals surface area (Å²) in [6.07, 6.45) is 7.75. The van der Waals surface area contributed by atoms with Crippen LogP contribution in [0.4, 0.5) is 0 Å². The summed E-state index contributed by atoms with van der Waals surface area (Å²) in [6.45, 7) is 4.03. The maximum atomic E-state index is 5.32. The number of hydrogen-bond donors (Lipinski definition) is 0. The van der Waals surface area contributed by atoms with Gasteiger partial charge in [0.05, 0.1) is 6.42 Å². The molecule has 1 aliphatic carbocycles. The molecule has 0 atom stereocenters. The summed E-state index contributed by atoms with van der Waals surface area (Å²) in [7, 11) is 0. The van der Waals surface area contributed by atoms with Gasteiger partial charge in [-0.25, -0.2) is 4.58 Å². The monoisotopic (exact) mass is 167 g/mol. The van der Waals surface area contributed by atoms with Crippen molar-refractivity contribution in [3.63, 3.8) is 0 Å². The van der Waals surface area contributed by atoms with Crippen molar-refractivity contribution in [1.29, 1.82) is 0 Å². The van der Waals surface area contributed by atoms with Gasteiger partial charge >= 0.3 is 0 Å². The minimum absolute atomic E-state index is 0.914. The van der Waals surface area contributed by atoms with Gasteiger partial charge in [0.25, 0.3) is 0 Å². The molecule has 2 aliphatic rings. The number of ether oxygens (including phenoxy) is 1. The summed E-state index contributed by atoms with van der Waals surface area (Å²) >= 11 is 0. The highest BCUT2D eigenvalue weighted by molar-refractivity contribution is 5.88. The summed E-state index contributed by atoms with van der Waals surface area (Å²) < 4.78 is 7.81. The molecule has 1 aliphatic heterocycles. The molecule has 0 aromatic heterocycles. The molecule has 1 saturated heterocycles. The van der Waals surface area contributed by atoms with Crippen LogP contribution in [0.1, 0.15) is 25.7 Å². The highest BCUT2D eigenvalue weighted by atomic mass is 16.5. The number of morpholine rings is 1. The standard InChI is InChI=1S/C10H17NO/c1-2-4-10(5-3-1)11-6-8-12-9-7-11/h4H,1-3,5-9H2/q+1. The van der Waals surface area contributed by atoms with E-state index in [4.69, 9.17) is 4.74 Å². The molecule has 1 saturated carbocycles. The van der Waals surface area contributed by atoms with Crippen molar-refractivity contribution in [3.8, 4) is 0 Å². The van der Waals surface area contributed by atoms with Crippen molar-refractivity contribution < 1.29 is 9.31 Å². The van der Waals surface area contributed by atoms with Gasteiger partial charge in [0, 0.05) is 6.42 Å². The fourth-order valence-electron chi connectivity index (χ4n) is 1.96. The van der Waals surface area contributed by atoms with Gasteiger partial charge in [-0.2, -0.15) is 0 Å². The lowest BCUT2D eigenvalue weighted by molar-refractivity contribution is -0.550. The first-order valence-electron chi connectivity index (χ1n) is 4.98. The first-order valence-corrected chi connectivity index (χ1v) is 4.98. The zero-order valence-corrected chi connectivity index (χ0v) is 7.59. The van der Waals surface area contributed by atoms with Gasteiger partial charge in [0.2, 0.25) is 0 Å². The van der Waals surface area contributed by atoms with Crippen LogP contribution in [0.3, 0.4) is 0 Å². The summed E-state index contributed by atoms with van der Waals surface area (Å²) in [5, 5.41) is 0.